The van der Waals surface area contributed by atoms with Crippen LogP contribution < -0.4 is 31.2 Å². The largest absolute Gasteiger partial charge is 0.478 e. The van der Waals surface area contributed by atoms with Crippen LogP contribution in [-0.4, -0.2) is 46.0 Å². The zero-order valence-electron chi connectivity index (χ0n) is 32.2. The lowest BCUT2D eigenvalue weighted by Crippen LogP contribution is -2.67. The molecule has 6 rings (SSSR count). The lowest BCUT2D eigenvalue weighted by Gasteiger charge is -2.45. The fourth-order valence-electron chi connectivity index (χ4n) is 8.31. The van der Waals surface area contributed by atoms with Gasteiger partial charge in [-0.25, -0.2) is 4.79 Å². The smallest absolute Gasteiger partial charge is 0.351 e. The van der Waals surface area contributed by atoms with Crippen LogP contribution in [0.3, 0.4) is 0 Å². The van der Waals surface area contributed by atoms with Crippen molar-refractivity contribution in [3.63, 3.8) is 0 Å². The Morgan fingerprint density at radius 2 is 1.02 bits per heavy atom. The number of ether oxygens (including phenoxy) is 1. The predicted octanol–water partition coefficient (Wildman–Crippen LogP) is 7.14. The third-order valence-corrected chi connectivity index (χ3v) is 20.8. The van der Waals surface area contributed by atoms with Crippen LogP contribution >= 0.6 is 0 Å². The second-order valence-corrected chi connectivity index (χ2v) is 24.7. The van der Waals surface area contributed by atoms with Crippen LogP contribution in [-0.2, 0) is 8.85 Å². The van der Waals surface area contributed by atoms with Crippen molar-refractivity contribution < 1.29 is 13.6 Å². The highest BCUT2D eigenvalue weighted by Crippen LogP contribution is 2.42. The van der Waals surface area contributed by atoms with Crippen LogP contribution in [0.5, 0.6) is 5.88 Å². The summed E-state index contributed by atoms with van der Waals surface area (Å²) in [4.78, 5) is 18.0. The first-order chi connectivity index (χ1) is 25.4. The summed E-state index contributed by atoms with van der Waals surface area (Å²) in [7, 11) is -5.72. The van der Waals surface area contributed by atoms with Gasteiger partial charge in [0.2, 0.25) is 5.88 Å². The average Bonchev–Trinajstić information content (AvgIpc) is 3.55. The van der Waals surface area contributed by atoms with Crippen molar-refractivity contribution in [1.82, 2.24) is 9.55 Å². The van der Waals surface area contributed by atoms with E-state index in [0.29, 0.717) is 25.7 Å². The molecule has 0 radical (unpaired) electrons. The Hall–Kier alpha value is -4.35. The minimum absolute atomic E-state index is 0.0293. The molecule has 0 fully saturated rings. The molecule has 1 aliphatic rings. The summed E-state index contributed by atoms with van der Waals surface area (Å²) < 4.78 is 22.5. The molecule has 53 heavy (non-hydrogen) atoms. The highest BCUT2D eigenvalue weighted by molar-refractivity contribution is 7.00. The monoisotopic (exact) mass is 742 g/mol. The second kappa shape index (κ2) is 15.9. The molecule has 1 aliphatic carbocycles. The lowest BCUT2D eigenvalue weighted by atomic mass is 9.94. The Morgan fingerprint density at radius 3 is 1.40 bits per heavy atom. The maximum atomic E-state index is 13.7. The fraction of sp³-hybridized carbons (Fsp3) is 0.333. The molecule has 0 saturated heterocycles. The molecule has 0 unspecified atom stereocenters. The molecule has 0 N–H and O–H groups in total. The Balaban J connectivity index is 1.44. The van der Waals surface area contributed by atoms with E-state index in [0.717, 1.165) is 0 Å². The van der Waals surface area contributed by atoms with E-state index < -0.39 is 16.6 Å². The number of hydrogen-bond acceptors (Lipinski definition) is 5. The highest BCUT2D eigenvalue weighted by Gasteiger charge is 2.53. The first kappa shape index (κ1) is 38.4. The fourth-order valence-corrected chi connectivity index (χ4v) is 17.5. The summed E-state index contributed by atoms with van der Waals surface area (Å²) >= 11 is 0. The van der Waals surface area contributed by atoms with Gasteiger partial charge in [-0.3, -0.25) is 4.57 Å². The number of allylic oxidation sites excluding steroid dienone is 1. The van der Waals surface area contributed by atoms with E-state index in [9.17, 15) is 4.79 Å². The van der Waals surface area contributed by atoms with Crippen molar-refractivity contribution in [2.75, 3.05) is 19.8 Å². The molecule has 4 aromatic carbocycles. The summed E-state index contributed by atoms with van der Waals surface area (Å²) in [6.45, 7) is 17.1. The standard InChI is InChI=1S/C45H54N2O4Si2/c1-8-49-42-31-32-47(43(48)46-42)41-30-29-35(33-50-52(44(2,3)4,36-21-13-9-14-22-36)37-23-15-10-16-24-37)40(41)34-51-53(45(5,6)7,38-25-17-11-18-26-38)39-27-19-12-20-28-39/h9-32,35,40-41H,8,33-34H2,1-7H3/t35-,40-,41-/m0/s1. The van der Waals surface area contributed by atoms with E-state index in [4.69, 9.17) is 13.6 Å². The molecule has 1 aromatic heterocycles. The maximum Gasteiger partial charge on any atom is 0.351 e. The molecule has 0 amide bonds. The molecular weight excluding hydrogens is 689 g/mol. The van der Waals surface area contributed by atoms with Gasteiger partial charge in [-0.1, -0.05) is 175 Å². The summed E-state index contributed by atoms with van der Waals surface area (Å²) in [6, 6.07) is 44.5. The van der Waals surface area contributed by atoms with E-state index in [2.05, 4.69) is 180 Å². The SMILES string of the molecule is CCOc1ccn([C@H]2C=C[C@@H](CO[Si](c3ccccc3)(c3ccccc3)C(C)(C)C)[C@@H]2CO[Si](c2ccccc2)(c2ccccc2)C(C)(C)C)c(=O)n1. The van der Waals surface area contributed by atoms with Crippen LogP contribution in [0.25, 0.3) is 0 Å². The molecule has 0 aliphatic heterocycles. The minimum atomic E-state index is -2.89. The average molecular weight is 743 g/mol. The minimum Gasteiger partial charge on any atom is -0.478 e. The lowest BCUT2D eigenvalue weighted by molar-refractivity contribution is 0.140. The van der Waals surface area contributed by atoms with Gasteiger partial charge in [0, 0.05) is 37.3 Å². The van der Waals surface area contributed by atoms with Gasteiger partial charge in [0.25, 0.3) is 16.6 Å². The van der Waals surface area contributed by atoms with Gasteiger partial charge < -0.3 is 13.6 Å². The first-order valence-corrected chi connectivity index (χ1v) is 22.6. The van der Waals surface area contributed by atoms with Gasteiger partial charge in [-0.05, 0) is 37.7 Å². The molecular formula is C45H54N2O4Si2. The molecule has 6 nitrogen and oxygen atoms in total. The molecule has 8 heteroatoms. The van der Waals surface area contributed by atoms with Crippen molar-refractivity contribution in [3.05, 3.63) is 156 Å². The van der Waals surface area contributed by atoms with Crippen molar-refractivity contribution >= 4 is 37.4 Å². The van der Waals surface area contributed by atoms with Crippen molar-refractivity contribution in [2.45, 2.75) is 64.6 Å². The van der Waals surface area contributed by atoms with Gasteiger partial charge in [0.15, 0.2) is 0 Å². The zero-order valence-corrected chi connectivity index (χ0v) is 34.2. The molecule has 0 saturated carbocycles. The maximum absolute atomic E-state index is 13.7. The number of aromatic nitrogens is 2. The predicted molar refractivity (Wildman–Crippen MR) is 222 cm³/mol. The van der Waals surface area contributed by atoms with E-state index in [1.54, 1.807) is 10.6 Å². The molecule has 1 heterocycles. The van der Waals surface area contributed by atoms with Crippen LogP contribution in [0.1, 0.15) is 54.5 Å². The normalized spacial score (nSPS) is 17.9. The quantitative estimate of drug-likeness (QED) is 0.0949. The number of rotatable bonds is 13. The molecule has 0 bridgehead atoms. The second-order valence-electron chi connectivity index (χ2n) is 16.0. The number of nitrogens with zero attached hydrogens (tertiary/aromatic N) is 2. The molecule has 5 aromatic rings. The molecule has 3 atom stereocenters. The molecule has 276 valence electrons. The van der Waals surface area contributed by atoms with E-state index in [1.165, 1.54) is 20.7 Å². The van der Waals surface area contributed by atoms with Crippen LogP contribution in [0, 0.1) is 11.8 Å². The summed E-state index contributed by atoms with van der Waals surface area (Å²) in [5, 5.41) is 4.56. The summed E-state index contributed by atoms with van der Waals surface area (Å²) in [5.74, 6) is 0.202. The Morgan fingerprint density at radius 1 is 0.604 bits per heavy atom. The van der Waals surface area contributed by atoms with Crippen molar-refractivity contribution in [1.29, 1.82) is 0 Å². The Bertz CT molecular complexity index is 1930. The Labute approximate surface area is 317 Å². The zero-order chi connectivity index (χ0) is 37.7. The van der Waals surface area contributed by atoms with Gasteiger partial charge in [0.05, 0.1) is 12.6 Å². The summed E-state index contributed by atoms with van der Waals surface area (Å²) in [5.41, 5.74) is -0.338. The highest BCUT2D eigenvalue weighted by atomic mass is 28.4. The van der Waals surface area contributed by atoms with Crippen molar-refractivity contribution in [3.8, 4) is 5.88 Å². The van der Waals surface area contributed by atoms with Crippen LogP contribution in [0.4, 0.5) is 0 Å². The van der Waals surface area contributed by atoms with Gasteiger partial charge in [0.1, 0.15) is 0 Å². The van der Waals surface area contributed by atoms with Crippen molar-refractivity contribution in [2.24, 2.45) is 11.8 Å². The van der Waals surface area contributed by atoms with Gasteiger partial charge in [-0.2, -0.15) is 4.98 Å². The van der Waals surface area contributed by atoms with Gasteiger partial charge >= 0.3 is 5.69 Å². The first-order valence-electron chi connectivity index (χ1n) is 18.8. The Kier molecular flexibility index (Phi) is 11.5. The van der Waals surface area contributed by atoms with Gasteiger partial charge in [-0.15, -0.1) is 0 Å². The molecule has 0 spiro atoms. The summed E-state index contributed by atoms with van der Waals surface area (Å²) in [6.07, 6.45) is 6.21. The van der Waals surface area contributed by atoms with Crippen LogP contribution in [0.15, 0.2) is 151 Å². The topological polar surface area (TPSA) is 62.6 Å². The van der Waals surface area contributed by atoms with E-state index in [-0.39, 0.29) is 33.6 Å². The number of benzene rings is 4. The third-order valence-electron chi connectivity index (χ3n) is 10.8. The van der Waals surface area contributed by atoms with E-state index >= 15 is 0 Å². The third kappa shape index (κ3) is 7.56. The van der Waals surface area contributed by atoms with E-state index in [1.807, 2.05) is 13.1 Å². The van der Waals surface area contributed by atoms with Crippen LogP contribution in [0.2, 0.25) is 10.1 Å². The number of hydrogen-bond donors (Lipinski definition) is 0.